The number of hydrogen-bond acceptors (Lipinski definition) is 3. The lowest BCUT2D eigenvalue weighted by Gasteiger charge is -2.09. The zero-order chi connectivity index (χ0) is 15.2. The molecule has 21 heavy (non-hydrogen) atoms. The van der Waals surface area contributed by atoms with Crippen molar-refractivity contribution in [3.8, 4) is 0 Å². The number of rotatable bonds is 4. The number of halogens is 1. The van der Waals surface area contributed by atoms with Crippen LogP contribution in [0, 0.1) is 0 Å². The van der Waals surface area contributed by atoms with Crippen molar-refractivity contribution in [1.29, 1.82) is 0 Å². The fourth-order valence-electron chi connectivity index (χ4n) is 1.74. The van der Waals surface area contributed by atoms with E-state index in [1.807, 2.05) is 6.07 Å². The van der Waals surface area contributed by atoms with Gasteiger partial charge in [-0.3, -0.25) is 4.79 Å². The van der Waals surface area contributed by atoms with Crippen LogP contribution in [0.2, 0.25) is 5.02 Å². The largest absolute Gasteiger partial charge is 0.378 e. The van der Waals surface area contributed by atoms with E-state index < -0.39 is 12.0 Å². The minimum absolute atomic E-state index is 0.523. The maximum absolute atomic E-state index is 11.8. The summed E-state index contributed by atoms with van der Waals surface area (Å²) >= 11 is 5.81. The third kappa shape index (κ3) is 4.15. The lowest BCUT2D eigenvalue weighted by atomic mass is 10.1. The number of carbonyl (C=O) groups is 1. The van der Waals surface area contributed by atoms with Crippen LogP contribution in [0.15, 0.2) is 59.7 Å². The minimum atomic E-state index is -1.24. The van der Waals surface area contributed by atoms with Crippen molar-refractivity contribution in [1.82, 2.24) is 5.43 Å². The normalized spacial score (nSPS) is 12.8. The highest BCUT2D eigenvalue weighted by Gasteiger charge is 2.16. The van der Waals surface area contributed by atoms with Gasteiger partial charge < -0.3 is 5.11 Å². The highest BCUT2D eigenvalue weighted by molar-refractivity contribution is 6.30. The van der Waals surface area contributed by atoms with E-state index in [0.29, 0.717) is 16.3 Å². The van der Waals surface area contributed by atoms with Gasteiger partial charge in [-0.2, -0.15) is 5.10 Å². The van der Waals surface area contributed by atoms with Crippen LogP contribution >= 0.6 is 11.6 Å². The van der Waals surface area contributed by atoms with E-state index in [2.05, 4.69) is 10.5 Å². The predicted octanol–water partition coefficient (Wildman–Crippen LogP) is 2.91. The van der Waals surface area contributed by atoms with Crippen molar-refractivity contribution in [2.75, 3.05) is 0 Å². The van der Waals surface area contributed by atoms with Gasteiger partial charge in [0.1, 0.15) is 0 Å². The molecule has 2 N–H and O–H groups in total. The van der Waals surface area contributed by atoms with E-state index in [4.69, 9.17) is 11.6 Å². The van der Waals surface area contributed by atoms with Gasteiger partial charge in [-0.15, -0.1) is 0 Å². The lowest BCUT2D eigenvalue weighted by Crippen LogP contribution is -2.26. The summed E-state index contributed by atoms with van der Waals surface area (Å²) in [5.41, 5.74) is 4.35. The Morgan fingerprint density at radius 1 is 1.14 bits per heavy atom. The number of aliphatic hydroxyl groups excluding tert-OH is 1. The van der Waals surface area contributed by atoms with Crippen LogP contribution in [0.3, 0.4) is 0 Å². The smallest absolute Gasteiger partial charge is 0.273 e. The number of hydrazone groups is 1. The maximum Gasteiger partial charge on any atom is 0.273 e. The Bertz CT molecular complexity index is 639. The summed E-state index contributed by atoms with van der Waals surface area (Å²) in [5, 5.41) is 14.5. The summed E-state index contributed by atoms with van der Waals surface area (Å²) < 4.78 is 0. The van der Waals surface area contributed by atoms with Crippen molar-refractivity contribution in [3.05, 3.63) is 70.7 Å². The Balaban J connectivity index is 2.03. The van der Waals surface area contributed by atoms with Gasteiger partial charge >= 0.3 is 0 Å². The number of aliphatic hydroxyl groups is 1. The highest BCUT2D eigenvalue weighted by atomic mass is 35.5. The summed E-state index contributed by atoms with van der Waals surface area (Å²) in [6.07, 6.45) is -1.24. The molecule has 0 unspecified atom stereocenters. The SMILES string of the molecule is C/C(=N/NC(=O)[C@@H](O)c1ccccc1)c1ccc(Cl)cc1. The van der Waals surface area contributed by atoms with Gasteiger partial charge in [0, 0.05) is 5.02 Å². The molecule has 2 rings (SSSR count). The van der Waals surface area contributed by atoms with Crippen LogP contribution in [0.5, 0.6) is 0 Å². The van der Waals surface area contributed by atoms with Crippen LogP contribution in [0.1, 0.15) is 24.2 Å². The average Bonchev–Trinajstić information content (AvgIpc) is 2.53. The molecule has 0 heterocycles. The third-order valence-electron chi connectivity index (χ3n) is 2.96. The molecule has 108 valence electrons. The first kappa shape index (κ1) is 15.2. The monoisotopic (exact) mass is 302 g/mol. The first-order chi connectivity index (χ1) is 10.1. The van der Waals surface area contributed by atoms with Crippen molar-refractivity contribution >= 4 is 23.2 Å². The van der Waals surface area contributed by atoms with Crippen LogP contribution < -0.4 is 5.43 Å². The number of nitrogens with one attached hydrogen (secondary N) is 1. The summed E-state index contributed by atoms with van der Waals surface area (Å²) in [7, 11) is 0. The highest BCUT2D eigenvalue weighted by Crippen LogP contribution is 2.12. The van der Waals surface area contributed by atoms with Crippen molar-refractivity contribution in [2.24, 2.45) is 5.10 Å². The van der Waals surface area contributed by atoms with Crippen LogP contribution in [-0.4, -0.2) is 16.7 Å². The molecule has 0 spiro atoms. The first-order valence-corrected chi connectivity index (χ1v) is 6.79. The Labute approximate surface area is 128 Å². The van der Waals surface area contributed by atoms with E-state index in [9.17, 15) is 9.90 Å². The second-order valence-corrected chi connectivity index (χ2v) is 4.93. The fraction of sp³-hybridized carbons (Fsp3) is 0.125. The van der Waals surface area contributed by atoms with E-state index in [1.54, 1.807) is 55.5 Å². The van der Waals surface area contributed by atoms with Crippen molar-refractivity contribution in [3.63, 3.8) is 0 Å². The molecule has 0 aliphatic heterocycles. The standard InChI is InChI=1S/C16H15ClN2O2/c1-11(12-7-9-14(17)10-8-12)18-19-16(21)15(20)13-5-3-2-4-6-13/h2-10,15,20H,1H3,(H,19,21)/b18-11-/t15-/m0/s1. The Morgan fingerprint density at radius 2 is 1.76 bits per heavy atom. The molecule has 4 nitrogen and oxygen atoms in total. The van der Waals surface area contributed by atoms with Crippen LogP contribution in [-0.2, 0) is 4.79 Å². The molecule has 0 saturated heterocycles. The molecule has 0 saturated carbocycles. The first-order valence-electron chi connectivity index (χ1n) is 6.41. The quantitative estimate of drug-likeness (QED) is 0.674. The molecule has 5 heteroatoms. The maximum atomic E-state index is 11.8. The fourth-order valence-corrected chi connectivity index (χ4v) is 1.87. The van der Waals surface area contributed by atoms with Crippen LogP contribution in [0.25, 0.3) is 0 Å². The Morgan fingerprint density at radius 3 is 2.38 bits per heavy atom. The molecule has 2 aromatic rings. The van der Waals surface area contributed by atoms with Crippen LogP contribution in [0.4, 0.5) is 0 Å². The zero-order valence-corrected chi connectivity index (χ0v) is 12.2. The molecule has 0 aromatic heterocycles. The molecule has 0 fully saturated rings. The topological polar surface area (TPSA) is 61.7 Å². The number of hydrogen-bond donors (Lipinski definition) is 2. The molecule has 0 aliphatic rings. The Hall–Kier alpha value is -2.17. The van der Waals surface area contributed by atoms with E-state index in [1.165, 1.54) is 0 Å². The Kier molecular flexibility index (Phi) is 5.09. The third-order valence-corrected chi connectivity index (χ3v) is 3.21. The molecular formula is C16H15ClN2O2. The van der Waals surface area contributed by atoms with Gasteiger partial charge in [0.05, 0.1) is 5.71 Å². The summed E-state index contributed by atoms with van der Waals surface area (Å²) in [4.78, 5) is 11.8. The number of nitrogens with zero attached hydrogens (tertiary/aromatic N) is 1. The second kappa shape index (κ2) is 7.02. The van der Waals surface area contributed by atoms with Gasteiger partial charge in [-0.25, -0.2) is 5.43 Å². The van der Waals surface area contributed by atoms with E-state index in [-0.39, 0.29) is 0 Å². The van der Waals surface area contributed by atoms with Crippen molar-refractivity contribution in [2.45, 2.75) is 13.0 Å². The summed E-state index contributed by atoms with van der Waals surface area (Å²) in [6, 6.07) is 15.8. The van der Waals surface area contributed by atoms with Gasteiger partial charge in [-0.05, 0) is 30.2 Å². The van der Waals surface area contributed by atoms with E-state index in [0.717, 1.165) is 5.56 Å². The molecule has 2 aromatic carbocycles. The average molecular weight is 303 g/mol. The number of amides is 1. The van der Waals surface area contributed by atoms with E-state index >= 15 is 0 Å². The molecule has 1 amide bonds. The van der Waals surface area contributed by atoms with Crippen molar-refractivity contribution < 1.29 is 9.90 Å². The van der Waals surface area contributed by atoms with Gasteiger partial charge in [0.2, 0.25) is 0 Å². The van der Waals surface area contributed by atoms with Gasteiger partial charge in [0.15, 0.2) is 6.10 Å². The minimum Gasteiger partial charge on any atom is -0.378 e. The predicted molar refractivity (Wildman–Crippen MR) is 83.2 cm³/mol. The van der Waals surface area contributed by atoms with Gasteiger partial charge in [0.25, 0.3) is 5.91 Å². The summed E-state index contributed by atoms with van der Waals surface area (Å²) in [5.74, 6) is -0.575. The van der Waals surface area contributed by atoms with Gasteiger partial charge in [-0.1, -0.05) is 54.1 Å². The molecular weight excluding hydrogens is 288 g/mol. The lowest BCUT2D eigenvalue weighted by molar-refractivity contribution is -0.129. The molecule has 1 atom stereocenters. The number of carbonyl (C=O) groups excluding carboxylic acids is 1. The molecule has 0 radical (unpaired) electrons. The zero-order valence-electron chi connectivity index (χ0n) is 11.5. The molecule has 0 aliphatic carbocycles. The second-order valence-electron chi connectivity index (χ2n) is 4.49. The summed E-state index contributed by atoms with van der Waals surface area (Å²) in [6.45, 7) is 1.76. The molecule has 0 bridgehead atoms. The number of benzene rings is 2.